The summed E-state index contributed by atoms with van der Waals surface area (Å²) in [7, 11) is 0. The van der Waals surface area contributed by atoms with Crippen LogP contribution in [0.3, 0.4) is 0 Å². The topological polar surface area (TPSA) is 29.5 Å². The molecule has 0 aliphatic carbocycles. The van der Waals surface area contributed by atoms with E-state index in [0.717, 1.165) is 17.5 Å². The van der Waals surface area contributed by atoms with Gasteiger partial charge in [0, 0.05) is 6.61 Å². The first-order valence-electron chi connectivity index (χ1n) is 6.38. The van der Waals surface area contributed by atoms with Crippen molar-refractivity contribution < 1.29 is 9.84 Å². The average Bonchev–Trinajstić information content (AvgIpc) is 2.30. The number of hydrogen-bond acceptors (Lipinski definition) is 2. The van der Waals surface area contributed by atoms with Crippen molar-refractivity contribution in [1.29, 1.82) is 0 Å². The zero-order valence-corrected chi connectivity index (χ0v) is 11.6. The molecular weight excluding hydrogens is 212 g/mol. The van der Waals surface area contributed by atoms with Gasteiger partial charge in [0.1, 0.15) is 6.10 Å². The van der Waals surface area contributed by atoms with Gasteiger partial charge in [0.15, 0.2) is 0 Å². The maximum Gasteiger partial charge on any atom is 0.105 e. The molecule has 96 valence electrons. The lowest BCUT2D eigenvalue weighted by Crippen LogP contribution is -2.22. The second-order valence-corrected chi connectivity index (χ2v) is 4.64. The van der Waals surface area contributed by atoms with Crippen LogP contribution in [0.4, 0.5) is 0 Å². The summed E-state index contributed by atoms with van der Waals surface area (Å²) in [6.07, 6.45) is 0.182. The van der Waals surface area contributed by atoms with E-state index in [1.54, 1.807) is 0 Å². The quantitative estimate of drug-likeness (QED) is 0.848. The van der Waals surface area contributed by atoms with Crippen LogP contribution in [0.15, 0.2) is 12.1 Å². The van der Waals surface area contributed by atoms with Crippen LogP contribution < -0.4 is 0 Å². The first-order valence-corrected chi connectivity index (χ1v) is 6.38. The Labute approximate surface area is 105 Å². The largest absolute Gasteiger partial charge is 0.386 e. The third kappa shape index (κ3) is 3.30. The maximum absolute atomic E-state index is 10.4. The Bertz CT molecular complexity index is 371. The minimum Gasteiger partial charge on any atom is -0.386 e. The van der Waals surface area contributed by atoms with Crippen molar-refractivity contribution in [2.75, 3.05) is 6.61 Å². The van der Waals surface area contributed by atoms with E-state index in [0.29, 0.717) is 6.61 Å². The average molecular weight is 236 g/mol. The first kappa shape index (κ1) is 14.2. The van der Waals surface area contributed by atoms with Crippen LogP contribution in [0, 0.1) is 20.8 Å². The molecule has 2 heteroatoms. The Morgan fingerprint density at radius 2 is 1.65 bits per heavy atom. The van der Waals surface area contributed by atoms with Gasteiger partial charge >= 0.3 is 0 Å². The fourth-order valence-corrected chi connectivity index (χ4v) is 2.15. The molecule has 0 bridgehead atoms. The van der Waals surface area contributed by atoms with Crippen molar-refractivity contribution in [3.63, 3.8) is 0 Å². The first-order chi connectivity index (χ1) is 8.01. The van der Waals surface area contributed by atoms with Gasteiger partial charge in [-0.25, -0.2) is 0 Å². The van der Waals surface area contributed by atoms with E-state index in [-0.39, 0.29) is 6.10 Å². The molecule has 0 aliphatic rings. The van der Waals surface area contributed by atoms with Crippen LogP contribution in [0.25, 0.3) is 0 Å². The molecular formula is C15H24O2. The van der Waals surface area contributed by atoms with Crippen molar-refractivity contribution in [2.24, 2.45) is 0 Å². The zero-order chi connectivity index (χ0) is 13.0. The second-order valence-electron chi connectivity index (χ2n) is 4.64. The van der Waals surface area contributed by atoms with Crippen LogP contribution in [-0.2, 0) is 4.74 Å². The standard InChI is InChI=1S/C15H24O2/c1-6-14(17-7-2)15(16)13-9-11(4)10(3)8-12(13)5/h8-9,14-16H,6-7H2,1-5H3. The predicted molar refractivity (Wildman–Crippen MR) is 71.3 cm³/mol. The highest BCUT2D eigenvalue weighted by Gasteiger charge is 2.21. The molecule has 0 aromatic heterocycles. The third-order valence-electron chi connectivity index (χ3n) is 3.34. The van der Waals surface area contributed by atoms with Crippen LogP contribution in [0.2, 0.25) is 0 Å². The van der Waals surface area contributed by atoms with Crippen molar-refractivity contribution in [3.05, 3.63) is 34.4 Å². The summed E-state index contributed by atoms with van der Waals surface area (Å²) in [5.41, 5.74) is 4.62. The van der Waals surface area contributed by atoms with Gasteiger partial charge < -0.3 is 9.84 Å². The van der Waals surface area contributed by atoms with Gasteiger partial charge in [-0.05, 0) is 56.4 Å². The van der Waals surface area contributed by atoms with E-state index >= 15 is 0 Å². The fourth-order valence-electron chi connectivity index (χ4n) is 2.15. The second kappa shape index (κ2) is 6.18. The van der Waals surface area contributed by atoms with Crippen LogP contribution in [-0.4, -0.2) is 17.8 Å². The van der Waals surface area contributed by atoms with E-state index < -0.39 is 6.10 Å². The molecule has 0 amide bonds. The molecule has 0 fully saturated rings. The molecule has 0 spiro atoms. The molecule has 0 aliphatic heterocycles. The molecule has 17 heavy (non-hydrogen) atoms. The van der Waals surface area contributed by atoms with Crippen molar-refractivity contribution in [3.8, 4) is 0 Å². The minimum absolute atomic E-state index is 0.110. The maximum atomic E-state index is 10.4. The summed E-state index contributed by atoms with van der Waals surface area (Å²) in [5, 5.41) is 10.4. The molecule has 0 heterocycles. The van der Waals surface area contributed by atoms with Crippen molar-refractivity contribution >= 4 is 0 Å². The summed E-state index contributed by atoms with van der Waals surface area (Å²) >= 11 is 0. The van der Waals surface area contributed by atoms with E-state index in [9.17, 15) is 5.11 Å². The fraction of sp³-hybridized carbons (Fsp3) is 0.600. The smallest absolute Gasteiger partial charge is 0.105 e. The molecule has 1 aromatic rings. The van der Waals surface area contributed by atoms with E-state index in [1.807, 2.05) is 20.8 Å². The Hall–Kier alpha value is -0.860. The van der Waals surface area contributed by atoms with Crippen LogP contribution in [0.1, 0.15) is 48.6 Å². The Balaban J connectivity index is 3.02. The minimum atomic E-state index is -0.528. The SMILES string of the molecule is CCOC(CC)C(O)c1cc(C)c(C)cc1C. The van der Waals surface area contributed by atoms with Crippen molar-refractivity contribution in [2.45, 2.75) is 53.2 Å². The van der Waals surface area contributed by atoms with Gasteiger partial charge in [-0.15, -0.1) is 0 Å². The van der Waals surface area contributed by atoms with Crippen LogP contribution >= 0.6 is 0 Å². The van der Waals surface area contributed by atoms with E-state index in [1.165, 1.54) is 11.1 Å². The molecule has 1 aromatic carbocycles. The van der Waals surface area contributed by atoms with Crippen LogP contribution in [0.5, 0.6) is 0 Å². The summed E-state index contributed by atoms with van der Waals surface area (Å²) in [4.78, 5) is 0. The number of rotatable bonds is 5. The summed E-state index contributed by atoms with van der Waals surface area (Å²) < 4.78 is 5.58. The normalized spacial score (nSPS) is 14.7. The number of benzene rings is 1. The highest BCUT2D eigenvalue weighted by Crippen LogP contribution is 2.26. The third-order valence-corrected chi connectivity index (χ3v) is 3.34. The van der Waals surface area contributed by atoms with E-state index in [2.05, 4.69) is 26.0 Å². The number of aryl methyl sites for hydroxylation is 3. The summed E-state index contributed by atoms with van der Waals surface area (Å²) in [6.45, 7) is 10.9. The highest BCUT2D eigenvalue weighted by molar-refractivity contribution is 5.38. The number of ether oxygens (including phenoxy) is 1. The monoisotopic (exact) mass is 236 g/mol. The summed E-state index contributed by atoms with van der Waals surface area (Å²) in [6, 6.07) is 4.21. The highest BCUT2D eigenvalue weighted by atomic mass is 16.5. The van der Waals surface area contributed by atoms with E-state index in [4.69, 9.17) is 4.74 Å². The predicted octanol–water partition coefficient (Wildman–Crippen LogP) is 3.46. The molecule has 0 radical (unpaired) electrons. The molecule has 2 atom stereocenters. The van der Waals surface area contributed by atoms with Gasteiger partial charge in [-0.3, -0.25) is 0 Å². The van der Waals surface area contributed by atoms with Crippen molar-refractivity contribution in [1.82, 2.24) is 0 Å². The molecule has 2 unspecified atom stereocenters. The molecule has 1 rings (SSSR count). The molecule has 0 saturated carbocycles. The Kier molecular flexibility index (Phi) is 5.16. The Morgan fingerprint density at radius 1 is 1.06 bits per heavy atom. The lowest BCUT2D eigenvalue weighted by molar-refractivity contribution is -0.0358. The molecule has 1 N–H and O–H groups in total. The van der Waals surface area contributed by atoms with Gasteiger partial charge in [-0.2, -0.15) is 0 Å². The number of aliphatic hydroxyl groups excluding tert-OH is 1. The van der Waals surface area contributed by atoms with Gasteiger partial charge in [0.25, 0.3) is 0 Å². The van der Waals surface area contributed by atoms with Gasteiger partial charge in [0.2, 0.25) is 0 Å². The molecule has 2 nitrogen and oxygen atoms in total. The molecule has 0 saturated heterocycles. The zero-order valence-electron chi connectivity index (χ0n) is 11.6. The summed E-state index contributed by atoms with van der Waals surface area (Å²) in [5.74, 6) is 0. The number of hydrogen-bond donors (Lipinski definition) is 1. The van der Waals surface area contributed by atoms with Gasteiger partial charge in [-0.1, -0.05) is 19.1 Å². The lowest BCUT2D eigenvalue weighted by Gasteiger charge is -2.24. The van der Waals surface area contributed by atoms with Gasteiger partial charge in [0.05, 0.1) is 6.10 Å². The number of aliphatic hydroxyl groups is 1. The lowest BCUT2D eigenvalue weighted by atomic mass is 9.94. The Morgan fingerprint density at radius 3 is 2.18 bits per heavy atom.